The second kappa shape index (κ2) is 9.27. The molecule has 0 saturated carbocycles. The number of rotatable bonds is 9. The summed E-state index contributed by atoms with van der Waals surface area (Å²) in [6.45, 7) is 2.01. The molecule has 1 amide bonds. The van der Waals surface area contributed by atoms with E-state index in [9.17, 15) is 13.2 Å². The number of nitrogens with one attached hydrogen (secondary N) is 1. The van der Waals surface area contributed by atoms with E-state index in [0.29, 0.717) is 17.2 Å². The van der Waals surface area contributed by atoms with Crippen molar-refractivity contribution in [3.8, 4) is 11.5 Å². The van der Waals surface area contributed by atoms with E-state index in [-0.39, 0.29) is 19.7 Å². The van der Waals surface area contributed by atoms with E-state index in [2.05, 4.69) is 5.32 Å². The Balaban J connectivity index is 1.90. The van der Waals surface area contributed by atoms with Crippen LogP contribution in [0.1, 0.15) is 5.56 Å². The summed E-state index contributed by atoms with van der Waals surface area (Å²) < 4.78 is 36.0. The van der Waals surface area contributed by atoms with Gasteiger partial charge in [0.25, 0.3) is 0 Å². The highest BCUT2D eigenvalue weighted by Crippen LogP contribution is 2.21. The van der Waals surface area contributed by atoms with Crippen molar-refractivity contribution in [1.82, 2.24) is 5.32 Å². The first-order valence-electron chi connectivity index (χ1n) is 8.38. The zero-order chi connectivity index (χ0) is 19.9. The Morgan fingerprint density at radius 1 is 1.11 bits per heavy atom. The van der Waals surface area contributed by atoms with Gasteiger partial charge >= 0.3 is 0 Å². The van der Waals surface area contributed by atoms with Gasteiger partial charge in [-0.1, -0.05) is 24.3 Å². The summed E-state index contributed by atoms with van der Waals surface area (Å²) in [5.41, 5.74) is 1.26. The number of aryl methyl sites for hydroxylation is 1. The van der Waals surface area contributed by atoms with Gasteiger partial charge < -0.3 is 14.8 Å². The Morgan fingerprint density at radius 3 is 2.48 bits per heavy atom. The molecule has 0 atom stereocenters. The number of hydrogen-bond donors (Lipinski definition) is 1. The average molecular weight is 392 g/mol. The molecule has 0 heterocycles. The molecule has 1 N–H and O–H groups in total. The lowest BCUT2D eigenvalue weighted by Crippen LogP contribution is -2.41. The second-order valence-corrected chi connectivity index (χ2v) is 7.84. The maximum Gasteiger partial charge on any atom is 0.240 e. The minimum absolute atomic E-state index is 0.251. The van der Waals surface area contributed by atoms with Crippen molar-refractivity contribution >= 4 is 21.6 Å². The molecule has 2 aromatic rings. The Kier molecular flexibility index (Phi) is 7.06. The van der Waals surface area contributed by atoms with Crippen molar-refractivity contribution < 1.29 is 22.7 Å². The molecule has 7 nitrogen and oxygen atoms in total. The highest BCUT2D eigenvalue weighted by molar-refractivity contribution is 7.92. The highest BCUT2D eigenvalue weighted by atomic mass is 32.2. The number of para-hydroxylation sites is 1. The van der Waals surface area contributed by atoms with E-state index in [1.807, 2.05) is 6.07 Å². The van der Waals surface area contributed by atoms with E-state index in [1.54, 1.807) is 56.5 Å². The standard InChI is InChI=1S/C19H24N2O5S/c1-15-7-4-5-10-18(15)21(27(3,23)24)14-19(22)20-11-12-26-17-9-6-8-16(13-17)25-2/h4-10,13H,11-12,14H2,1-3H3,(H,20,22). The summed E-state index contributed by atoms with van der Waals surface area (Å²) in [6.07, 6.45) is 1.08. The maximum atomic E-state index is 12.2. The molecule has 146 valence electrons. The van der Waals surface area contributed by atoms with E-state index in [4.69, 9.17) is 9.47 Å². The van der Waals surface area contributed by atoms with Crippen LogP contribution in [0.5, 0.6) is 11.5 Å². The fourth-order valence-corrected chi connectivity index (χ4v) is 3.37. The van der Waals surface area contributed by atoms with Gasteiger partial charge in [-0.25, -0.2) is 8.42 Å². The molecular weight excluding hydrogens is 368 g/mol. The Hall–Kier alpha value is -2.74. The number of carbonyl (C=O) groups excluding carboxylic acids is 1. The summed E-state index contributed by atoms with van der Waals surface area (Å²) in [7, 11) is -2.02. The third-order valence-corrected chi connectivity index (χ3v) is 4.93. The van der Waals surface area contributed by atoms with Crippen LogP contribution in [0.4, 0.5) is 5.69 Å². The van der Waals surface area contributed by atoms with E-state index in [1.165, 1.54) is 0 Å². The van der Waals surface area contributed by atoms with Crippen LogP contribution >= 0.6 is 0 Å². The highest BCUT2D eigenvalue weighted by Gasteiger charge is 2.21. The molecule has 0 spiro atoms. The first kappa shape index (κ1) is 20.6. The normalized spacial score (nSPS) is 10.9. The maximum absolute atomic E-state index is 12.2. The summed E-state index contributed by atoms with van der Waals surface area (Å²) in [4.78, 5) is 12.2. The zero-order valence-electron chi connectivity index (χ0n) is 15.6. The molecule has 0 unspecified atom stereocenters. The number of anilines is 1. The molecule has 0 aliphatic carbocycles. The lowest BCUT2D eigenvalue weighted by atomic mass is 10.2. The number of methoxy groups -OCH3 is 1. The number of ether oxygens (including phenoxy) is 2. The number of hydrogen-bond acceptors (Lipinski definition) is 5. The third-order valence-electron chi connectivity index (χ3n) is 3.81. The molecule has 0 radical (unpaired) electrons. The number of nitrogens with zero attached hydrogens (tertiary/aromatic N) is 1. The molecule has 8 heteroatoms. The summed E-state index contributed by atoms with van der Waals surface area (Å²) in [5, 5.41) is 2.67. The van der Waals surface area contributed by atoms with Crippen molar-refractivity contribution in [2.75, 3.05) is 37.4 Å². The van der Waals surface area contributed by atoms with Gasteiger partial charge in [-0.05, 0) is 30.7 Å². The topological polar surface area (TPSA) is 84.9 Å². The summed E-state index contributed by atoms with van der Waals surface area (Å²) in [6, 6.07) is 14.2. The molecule has 27 heavy (non-hydrogen) atoms. The van der Waals surface area contributed by atoms with Crippen molar-refractivity contribution in [1.29, 1.82) is 0 Å². The smallest absolute Gasteiger partial charge is 0.240 e. The molecule has 2 aromatic carbocycles. The van der Waals surface area contributed by atoms with Crippen molar-refractivity contribution in [2.45, 2.75) is 6.92 Å². The van der Waals surface area contributed by atoms with Gasteiger partial charge in [0, 0.05) is 6.07 Å². The molecule has 2 rings (SSSR count). The summed E-state index contributed by atoms with van der Waals surface area (Å²) in [5.74, 6) is 0.901. The lowest BCUT2D eigenvalue weighted by molar-refractivity contribution is -0.119. The minimum Gasteiger partial charge on any atom is -0.497 e. The number of amides is 1. The van der Waals surface area contributed by atoms with Crippen LogP contribution in [-0.2, 0) is 14.8 Å². The lowest BCUT2D eigenvalue weighted by Gasteiger charge is -2.23. The van der Waals surface area contributed by atoms with Gasteiger partial charge in [-0.2, -0.15) is 0 Å². The van der Waals surface area contributed by atoms with Gasteiger partial charge in [0.15, 0.2) is 0 Å². The van der Waals surface area contributed by atoms with Crippen LogP contribution in [0, 0.1) is 6.92 Å². The number of sulfonamides is 1. The van der Waals surface area contributed by atoms with Crippen LogP contribution in [0.25, 0.3) is 0 Å². The molecule has 0 saturated heterocycles. The Bertz CT molecular complexity index is 883. The first-order valence-corrected chi connectivity index (χ1v) is 10.2. The molecule has 0 aromatic heterocycles. The third kappa shape index (κ3) is 6.18. The first-order chi connectivity index (χ1) is 12.8. The molecule has 0 aliphatic rings. The SMILES string of the molecule is COc1cccc(OCCNC(=O)CN(c2ccccc2C)S(C)(=O)=O)c1. The van der Waals surface area contributed by atoms with Gasteiger partial charge in [0.05, 0.1) is 25.6 Å². The predicted molar refractivity (Wildman–Crippen MR) is 105 cm³/mol. The summed E-state index contributed by atoms with van der Waals surface area (Å²) >= 11 is 0. The van der Waals surface area contributed by atoms with E-state index < -0.39 is 15.9 Å². The minimum atomic E-state index is -3.59. The zero-order valence-corrected chi connectivity index (χ0v) is 16.5. The van der Waals surface area contributed by atoms with E-state index in [0.717, 1.165) is 16.1 Å². The van der Waals surface area contributed by atoms with Crippen molar-refractivity contribution in [3.63, 3.8) is 0 Å². The molecular formula is C19H24N2O5S. The number of carbonyl (C=O) groups is 1. The quantitative estimate of drug-likeness (QED) is 0.660. The van der Waals surface area contributed by atoms with Crippen LogP contribution in [-0.4, -0.2) is 47.4 Å². The largest absolute Gasteiger partial charge is 0.497 e. The van der Waals surface area contributed by atoms with Crippen LogP contribution in [0.3, 0.4) is 0 Å². The van der Waals surface area contributed by atoms with Crippen LogP contribution < -0.4 is 19.1 Å². The predicted octanol–water partition coefficient (Wildman–Crippen LogP) is 1.96. The van der Waals surface area contributed by atoms with Gasteiger partial charge in [0.1, 0.15) is 24.7 Å². The fraction of sp³-hybridized carbons (Fsp3) is 0.316. The van der Waals surface area contributed by atoms with Crippen molar-refractivity contribution in [2.24, 2.45) is 0 Å². The van der Waals surface area contributed by atoms with Gasteiger partial charge in [0.2, 0.25) is 15.9 Å². The van der Waals surface area contributed by atoms with Crippen molar-refractivity contribution in [3.05, 3.63) is 54.1 Å². The van der Waals surface area contributed by atoms with E-state index >= 15 is 0 Å². The Labute approximate surface area is 160 Å². The average Bonchev–Trinajstić information content (AvgIpc) is 2.63. The molecule has 0 fully saturated rings. The monoisotopic (exact) mass is 392 g/mol. The fourth-order valence-electron chi connectivity index (χ4n) is 2.46. The second-order valence-electron chi connectivity index (χ2n) is 5.93. The molecule has 0 bridgehead atoms. The Morgan fingerprint density at radius 2 is 1.81 bits per heavy atom. The van der Waals surface area contributed by atoms with Gasteiger partial charge in [-0.3, -0.25) is 9.10 Å². The van der Waals surface area contributed by atoms with Crippen LogP contribution in [0.2, 0.25) is 0 Å². The number of benzene rings is 2. The molecule has 0 aliphatic heterocycles. The van der Waals surface area contributed by atoms with Crippen LogP contribution in [0.15, 0.2) is 48.5 Å². The van der Waals surface area contributed by atoms with Gasteiger partial charge in [-0.15, -0.1) is 0 Å².